The minimum Gasteiger partial charge on any atom is -0.478 e. The van der Waals surface area contributed by atoms with Crippen LogP contribution in [0.25, 0.3) is 11.0 Å². The summed E-state index contributed by atoms with van der Waals surface area (Å²) in [7, 11) is 0. The van der Waals surface area contributed by atoms with Gasteiger partial charge in [-0.25, -0.2) is 4.98 Å². The number of aryl methyl sites for hydroxylation is 1. The maximum absolute atomic E-state index is 12.6. The summed E-state index contributed by atoms with van der Waals surface area (Å²) in [6, 6.07) is 15.6. The molecule has 30 heavy (non-hydrogen) atoms. The Kier molecular flexibility index (Phi) is 5.69. The summed E-state index contributed by atoms with van der Waals surface area (Å²) in [5.41, 5.74) is 2.09. The van der Waals surface area contributed by atoms with Crippen LogP contribution in [0.15, 0.2) is 48.5 Å². The van der Waals surface area contributed by atoms with E-state index in [1.807, 2.05) is 48.5 Å². The SMILES string of the molecule is CC(C)(Oc1ccc(C2CC2(Cl)Cl)cc1)C(=O)NCCCc1nc2ccccc2[nH]1. The molecule has 1 atom stereocenters. The normalized spacial score (nSPS) is 17.7. The van der Waals surface area contributed by atoms with Crippen molar-refractivity contribution >= 4 is 40.1 Å². The van der Waals surface area contributed by atoms with Crippen molar-refractivity contribution in [3.8, 4) is 5.75 Å². The second-order valence-corrected chi connectivity index (χ2v) is 9.80. The fourth-order valence-electron chi connectivity index (χ4n) is 3.48. The highest BCUT2D eigenvalue weighted by Gasteiger charge is 2.52. The van der Waals surface area contributed by atoms with Gasteiger partial charge in [-0.3, -0.25) is 4.79 Å². The van der Waals surface area contributed by atoms with Crippen LogP contribution >= 0.6 is 23.2 Å². The van der Waals surface area contributed by atoms with E-state index < -0.39 is 9.93 Å². The van der Waals surface area contributed by atoms with Crippen molar-refractivity contribution in [1.82, 2.24) is 15.3 Å². The largest absolute Gasteiger partial charge is 0.478 e. The Bertz CT molecular complexity index is 1010. The van der Waals surface area contributed by atoms with Gasteiger partial charge in [0, 0.05) is 18.9 Å². The molecule has 4 rings (SSSR count). The van der Waals surface area contributed by atoms with Crippen LogP contribution in [-0.4, -0.2) is 32.4 Å². The van der Waals surface area contributed by atoms with Crippen molar-refractivity contribution in [3.63, 3.8) is 0 Å². The number of ether oxygens (including phenoxy) is 1. The summed E-state index contributed by atoms with van der Waals surface area (Å²) in [6.07, 6.45) is 2.32. The molecule has 2 N–H and O–H groups in total. The molecule has 2 aromatic carbocycles. The maximum Gasteiger partial charge on any atom is 0.263 e. The lowest BCUT2D eigenvalue weighted by molar-refractivity contribution is -0.134. The zero-order valence-electron chi connectivity index (χ0n) is 17.0. The molecule has 0 aliphatic heterocycles. The zero-order valence-corrected chi connectivity index (χ0v) is 18.6. The smallest absolute Gasteiger partial charge is 0.263 e. The van der Waals surface area contributed by atoms with Crippen molar-refractivity contribution in [2.45, 2.75) is 49.0 Å². The van der Waals surface area contributed by atoms with Crippen molar-refractivity contribution in [2.24, 2.45) is 0 Å². The van der Waals surface area contributed by atoms with Gasteiger partial charge in [-0.1, -0.05) is 24.3 Å². The summed E-state index contributed by atoms with van der Waals surface area (Å²) in [4.78, 5) is 20.5. The number of alkyl halides is 2. The van der Waals surface area contributed by atoms with E-state index in [-0.39, 0.29) is 11.8 Å². The third-order valence-corrected chi connectivity index (χ3v) is 6.18. The number of fused-ring (bicyclic) bond motifs is 1. The van der Waals surface area contributed by atoms with Crippen LogP contribution in [0.2, 0.25) is 0 Å². The lowest BCUT2D eigenvalue weighted by Crippen LogP contribution is -2.46. The maximum atomic E-state index is 12.6. The number of nitrogens with zero attached hydrogens (tertiary/aromatic N) is 1. The van der Waals surface area contributed by atoms with Gasteiger partial charge in [-0.15, -0.1) is 23.2 Å². The molecule has 1 aromatic heterocycles. The quantitative estimate of drug-likeness (QED) is 0.372. The minimum atomic E-state index is -0.983. The van der Waals surface area contributed by atoms with Crippen molar-refractivity contribution in [2.75, 3.05) is 6.54 Å². The number of hydrogen-bond acceptors (Lipinski definition) is 3. The highest BCUT2D eigenvalue weighted by Crippen LogP contribution is 2.59. The topological polar surface area (TPSA) is 67.0 Å². The van der Waals surface area contributed by atoms with Gasteiger partial charge >= 0.3 is 0 Å². The first-order valence-corrected chi connectivity index (χ1v) is 10.9. The molecule has 0 spiro atoms. The minimum absolute atomic E-state index is 0.154. The fourth-order valence-corrected chi connectivity index (χ4v) is 4.04. The van der Waals surface area contributed by atoms with E-state index in [0.717, 1.165) is 41.7 Å². The Hall–Kier alpha value is -2.24. The van der Waals surface area contributed by atoms with E-state index in [4.69, 9.17) is 27.9 Å². The number of amides is 1. The van der Waals surface area contributed by atoms with E-state index in [1.54, 1.807) is 13.8 Å². The molecule has 0 saturated heterocycles. The van der Waals surface area contributed by atoms with Crippen LogP contribution in [0.5, 0.6) is 5.75 Å². The molecule has 7 heteroatoms. The Balaban J connectivity index is 1.25. The zero-order chi connectivity index (χ0) is 21.4. The number of imidazole rings is 1. The van der Waals surface area contributed by atoms with E-state index in [2.05, 4.69) is 15.3 Å². The highest BCUT2D eigenvalue weighted by molar-refractivity contribution is 6.51. The molecule has 1 fully saturated rings. The van der Waals surface area contributed by atoms with Gasteiger partial charge in [0.2, 0.25) is 0 Å². The molecule has 3 aromatic rings. The van der Waals surface area contributed by atoms with Crippen LogP contribution in [0.4, 0.5) is 0 Å². The van der Waals surface area contributed by atoms with E-state index >= 15 is 0 Å². The summed E-state index contributed by atoms with van der Waals surface area (Å²) < 4.78 is 5.28. The summed E-state index contributed by atoms with van der Waals surface area (Å²) in [6.45, 7) is 4.08. The van der Waals surface area contributed by atoms with Gasteiger partial charge in [-0.2, -0.15) is 0 Å². The van der Waals surface area contributed by atoms with Gasteiger partial charge in [0.15, 0.2) is 5.60 Å². The summed E-state index contributed by atoms with van der Waals surface area (Å²) in [5.74, 6) is 1.57. The van der Waals surface area contributed by atoms with Crippen molar-refractivity contribution < 1.29 is 9.53 Å². The number of carbonyl (C=O) groups excluding carboxylic acids is 1. The molecule has 1 heterocycles. The van der Waals surface area contributed by atoms with Crippen molar-refractivity contribution in [1.29, 1.82) is 0 Å². The van der Waals surface area contributed by atoms with Gasteiger partial charge in [0.1, 0.15) is 15.9 Å². The predicted octanol–water partition coefficient (Wildman–Crippen LogP) is 5.13. The number of benzene rings is 2. The lowest BCUT2D eigenvalue weighted by Gasteiger charge is -2.25. The predicted molar refractivity (Wildman–Crippen MR) is 120 cm³/mol. The number of rotatable bonds is 8. The van der Waals surface area contributed by atoms with E-state index in [1.165, 1.54) is 0 Å². The molecule has 1 amide bonds. The van der Waals surface area contributed by atoms with Crippen LogP contribution in [0.1, 0.15) is 44.0 Å². The van der Waals surface area contributed by atoms with Crippen molar-refractivity contribution in [3.05, 3.63) is 59.9 Å². The first kappa shape index (κ1) is 21.0. The number of halogens is 2. The third kappa shape index (κ3) is 4.73. The Morgan fingerprint density at radius 3 is 2.60 bits per heavy atom. The average Bonchev–Trinajstić information content (AvgIpc) is 3.15. The molecule has 1 aliphatic carbocycles. The number of para-hydroxylation sites is 2. The van der Waals surface area contributed by atoms with E-state index in [0.29, 0.717) is 12.3 Å². The summed E-state index contributed by atoms with van der Waals surface area (Å²) in [5, 5.41) is 2.96. The molecular weight excluding hydrogens is 421 g/mol. The lowest BCUT2D eigenvalue weighted by atomic mass is 10.1. The Labute approximate surface area is 186 Å². The molecule has 1 unspecified atom stereocenters. The first-order valence-electron chi connectivity index (χ1n) is 10.1. The van der Waals surface area contributed by atoms with E-state index in [9.17, 15) is 4.79 Å². The molecule has 158 valence electrons. The molecule has 0 radical (unpaired) electrons. The summed E-state index contributed by atoms with van der Waals surface area (Å²) >= 11 is 12.3. The third-order valence-electron chi connectivity index (χ3n) is 5.34. The molecule has 0 bridgehead atoms. The van der Waals surface area contributed by atoms with Crippen LogP contribution in [0.3, 0.4) is 0 Å². The highest BCUT2D eigenvalue weighted by atomic mass is 35.5. The molecule has 1 aliphatic rings. The van der Waals surface area contributed by atoms with Gasteiger partial charge in [-0.05, 0) is 56.5 Å². The second kappa shape index (κ2) is 8.12. The number of H-pyrrole nitrogens is 1. The standard InChI is InChI=1S/C23H25Cl2N3O2/c1-22(2,30-16-11-9-15(10-12-16)17-14-23(17,24)25)21(29)26-13-5-8-20-27-18-6-3-4-7-19(18)28-20/h3-4,6-7,9-12,17H,5,8,13-14H2,1-2H3,(H,26,29)(H,27,28). The Morgan fingerprint density at radius 2 is 1.93 bits per heavy atom. The van der Waals surface area contributed by atoms with Crippen LogP contribution in [-0.2, 0) is 11.2 Å². The van der Waals surface area contributed by atoms with Crippen LogP contribution < -0.4 is 10.1 Å². The molecule has 5 nitrogen and oxygen atoms in total. The second-order valence-electron chi connectivity index (χ2n) is 8.26. The van der Waals surface area contributed by atoms with Gasteiger partial charge in [0.05, 0.1) is 11.0 Å². The fraction of sp³-hybridized carbons (Fsp3) is 0.391. The van der Waals surface area contributed by atoms with Crippen LogP contribution in [0, 0.1) is 0 Å². The number of nitrogens with one attached hydrogen (secondary N) is 2. The first-order chi connectivity index (χ1) is 14.2. The number of aromatic amines is 1. The average molecular weight is 446 g/mol. The monoisotopic (exact) mass is 445 g/mol. The molecule has 1 saturated carbocycles. The van der Waals surface area contributed by atoms with Gasteiger partial charge < -0.3 is 15.0 Å². The number of aromatic nitrogens is 2. The number of carbonyl (C=O) groups is 1. The molecular formula is C23H25Cl2N3O2. The van der Waals surface area contributed by atoms with Gasteiger partial charge in [0.25, 0.3) is 5.91 Å². The Morgan fingerprint density at radius 1 is 1.23 bits per heavy atom. The number of hydrogen-bond donors (Lipinski definition) is 2.